The zero-order valence-electron chi connectivity index (χ0n) is 13.7. The maximum Gasteiger partial charge on any atom is 0.162 e. The lowest BCUT2D eigenvalue weighted by atomic mass is 10.1. The Morgan fingerprint density at radius 3 is 2.42 bits per heavy atom. The van der Waals surface area contributed by atoms with Crippen LogP contribution in [0.3, 0.4) is 0 Å². The van der Waals surface area contributed by atoms with Gasteiger partial charge in [-0.2, -0.15) is 0 Å². The number of likely N-dealkylation sites (N-methyl/N-ethyl adjacent to an activating group) is 1. The van der Waals surface area contributed by atoms with Gasteiger partial charge < -0.3 is 9.80 Å². The molecule has 0 bridgehead atoms. The van der Waals surface area contributed by atoms with Crippen LogP contribution in [0, 0.1) is 0 Å². The van der Waals surface area contributed by atoms with Gasteiger partial charge in [0, 0.05) is 16.0 Å². The Hall–Kier alpha value is -2.17. The van der Waals surface area contributed by atoms with Gasteiger partial charge in [0.1, 0.15) is 5.82 Å². The number of benzene rings is 2. The number of piperazine rings is 1. The highest BCUT2D eigenvalue weighted by Crippen LogP contribution is 2.28. The molecule has 0 unspecified atom stereocenters. The molecule has 0 amide bonds. The lowest BCUT2D eigenvalue weighted by Gasteiger charge is -2.31. The van der Waals surface area contributed by atoms with E-state index in [0.29, 0.717) is 0 Å². The van der Waals surface area contributed by atoms with Crippen LogP contribution in [0.15, 0.2) is 48.5 Å². The number of rotatable bonds is 2. The number of hydrogen-bond acceptors (Lipinski definition) is 3. The third-order valence-electron chi connectivity index (χ3n) is 4.60. The Morgan fingerprint density at radius 1 is 0.958 bits per heavy atom. The summed E-state index contributed by atoms with van der Waals surface area (Å²) in [6.45, 7) is 4.31. The van der Waals surface area contributed by atoms with Crippen LogP contribution in [0.5, 0.6) is 0 Å². The largest absolute Gasteiger partial charge is 0.345 e. The van der Waals surface area contributed by atoms with E-state index in [0.717, 1.165) is 59.3 Å². The van der Waals surface area contributed by atoms with Crippen molar-refractivity contribution in [3.8, 4) is 11.4 Å². The molecule has 1 N–H and O–H groups in total. The molecule has 1 aromatic heterocycles. The van der Waals surface area contributed by atoms with Gasteiger partial charge in [-0.25, -0.2) is 9.97 Å². The molecule has 4 rings (SSSR count). The molecule has 5 heteroatoms. The van der Waals surface area contributed by atoms with Gasteiger partial charge in [-0.1, -0.05) is 23.7 Å². The quantitative estimate of drug-likeness (QED) is 0.777. The van der Waals surface area contributed by atoms with Gasteiger partial charge >= 0.3 is 0 Å². The van der Waals surface area contributed by atoms with E-state index in [1.807, 2.05) is 30.3 Å². The molecule has 1 aliphatic rings. The summed E-state index contributed by atoms with van der Waals surface area (Å²) in [5, 5.41) is 1.84. The second-order valence-electron chi connectivity index (χ2n) is 6.34. The van der Waals surface area contributed by atoms with Crippen molar-refractivity contribution in [2.45, 2.75) is 0 Å². The fourth-order valence-corrected chi connectivity index (χ4v) is 3.26. The molecule has 0 saturated carbocycles. The lowest BCUT2D eigenvalue weighted by Crippen LogP contribution is -3.12. The van der Waals surface area contributed by atoms with Crippen LogP contribution >= 0.6 is 11.6 Å². The summed E-state index contributed by atoms with van der Waals surface area (Å²) in [7, 11) is 2.24. The monoisotopic (exact) mass is 339 g/mol. The first-order chi connectivity index (χ1) is 11.7. The number of para-hydroxylation sites is 1. The van der Waals surface area contributed by atoms with Crippen molar-refractivity contribution in [3.63, 3.8) is 0 Å². The van der Waals surface area contributed by atoms with Crippen LogP contribution in [-0.2, 0) is 0 Å². The number of nitrogens with one attached hydrogen (secondary N) is 1. The molecule has 1 saturated heterocycles. The summed E-state index contributed by atoms with van der Waals surface area (Å²) in [6.07, 6.45) is 0. The summed E-state index contributed by atoms with van der Waals surface area (Å²) in [5.41, 5.74) is 1.98. The van der Waals surface area contributed by atoms with Crippen molar-refractivity contribution < 1.29 is 4.90 Å². The number of hydrogen-bond donors (Lipinski definition) is 1. The van der Waals surface area contributed by atoms with Crippen LogP contribution in [0.2, 0.25) is 5.02 Å². The third-order valence-corrected chi connectivity index (χ3v) is 4.85. The van der Waals surface area contributed by atoms with Crippen LogP contribution in [0.4, 0.5) is 5.82 Å². The number of quaternary nitrogens is 1. The van der Waals surface area contributed by atoms with Crippen molar-refractivity contribution in [3.05, 3.63) is 53.6 Å². The SMILES string of the molecule is C[NH+]1CCN(c2nc(-c3ccc(Cl)cc3)nc3ccccc23)CC1. The molecule has 0 aliphatic carbocycles. The molecule has 2 heterocycles. The third kappa shape index (κ3) is 2.95. The second-order valence-corrected chi connectivity index (χ2v) is 6.78. The summed E-state index contributed by atoms with van der Waals surface area (Å²) in [4.78, 5) is 13.6. The van der Waals surface area contributed by atoms with Crippen molar-refractivity contribution in [1.29, 1.82) is 0 Å². The number of anilines is 1. The first-order valence-electron chi connectivity index (χ1n) is 8.30. The average molecular weight is 340 g/mol. The normalized spacial score (nSPS) is 15.8. The smallest absolute Gasteiger partial charge is 0.162 e. The summed E-state index contributed by atoms with van der Waals surface area (Å²) in [6, 6.07) is 16.0. The van der Waals surface area contributed by atoms with Crippen LogP contribution in [-0.4, -0.2) is 43.2 Å². The molecule has 24 heavy (non-hydrogen) atoms. The van der Waals surface area contributed by atoms with E-state index in [9.17, 15) is 0 Å². The van der Waals surface area contributed by atoms with Crippen LogP contribution in [0.25, 0.3) is 22.3 Å². The van der Waals surface area contributed by atoms with E-state index in [1.54, 1.807) is 4.90 Å². The first-order valence-corrected chi connectivity index (χ1v) is 8.67. The van der Waals surface area contributed by atoms with Crippen molar-refractivity contribution in [2.24, 2.45) is 0 Å². The minimum Gasteiger partial charge on any atom is -0.345 e. The van der Waals surface area contributed by atoms with Gasteiger partial charge in [-0.15, -0.1) is 0 Å². The van der Waals surface area contributed by atoms with E-state index < -0.39 is 0 Å². The zero-order chi connectivity index (χ0) is 16.5. The fourth-order valence-electron chi connectivity index (χ4n) is 3.13. The van der Waals surface area contributed by atoms with Gasteiger partial charge in [0.05, 0.1) is 38.7 Å². The molecule has 3 aromatic rings. The molecule has 1 aliphatic heterocycles. The Kier molecular flexibility index (Phi) is 4.08. The Balaban J connectivity index is 1.83. The van der Waals surface area contributed by atoms with Gasteiger partial charge in [0.15, 0.2) is 5.82 Å². The minimum absolute atomic E-state index is 0.724. The van der Waals surface area contributed by atoms with Gasteiger partial charge in [-0.05, 0) is 36.4 Å². The maximum atomic E-state index is 6.01. The topological polar surface area (TPSA) is 33.5 Å². The highest BCUT2D eigenvalue weighted by atomic mass is 35.5. The van der Waals surface area contributed by atoms with Crippen LogP contribution < -0.4 is 9.80 Å². The van der Waals surface area contributed by atoms with E-state index in [2.05, 4.69) is 30.1 Å². The van der Waals surface area contributed by atoms with E-state index in [-0.39, 0.29) is 0 Å². The Bertz CT molecular complexity index is 855. The molecule has 0 atom stereocenters. The van der Waals surface area contributed by atoms with E-state index >= 15 is 0 Å². The molecule has 1 fully saturated rings. The summed E-state index contributed by atoms with van der Waals surface area (Å²) in [5.74, 6) is 1.80. The van der Waals surface area contributed by atoms with Crippen LogP contribution in [0.1, 0.15) is 0 Å². The van der Waals surface area contributed by atoms with E-state index in [1.165, 1.54) is 0 Å². The number of halogens is 1. The Morgan fingerprint density at radius 2 is 1.67 bits per heavy atom. The van der Waals surface area contributed by atoms with Crippen molar-refractivity contribution >= 4 is 28.3 Å². The average Bonchev–Trinajstić information content (AvgIpc) is 2.62. The fraction of sp³-hybridized carbons (Fsp3) is 0.263. The molecular formula is C19H20ClN4+. The van der Waals surface area contributed by atoms with Gasteiger partial charge in [-0.3, -0.25) is 0 Å². The van der Waals surface area contributed by atoms with Crippen molar-refractivity contribution in [2.75, 3.05) is 38.1 Å². The predicted molar refractivity (Wildman–Crippen MR) is 98.8 cm³/mol. The number of nitrogens with zero attached hydrogens (tertiary/aromatic N) is 3. The van der Waals surface area contributed by atoms with Crippen molar-refractivity contribution in [1.82, 2.24) is 9.97 Å². The molecule has 0 spiro atoms. The molecular weight excluding hydrogens is 320 g/mol. The second kappa shape index (κ2) is 6.38. The highest BCUT2D eigenvalue weighted by Gasteiger charge is 2.21. The standard InChI is InChI=1S/C19H19ClN4/c1-23-10-12-24(13-11-23)19-16-4-2-3-5-17(16)21-18(22-19)14-6-8-15(20)9-7-14/h2-9H,10-13H2,1H3/p+1. The predicted octanol–water partition coefficient (Wildman–Crippen LogP) is 2.28. The maximum absolute atomic E-state index is 6.01. The summed E-state index contributed by atoms with van der Waals surface area (Å²) >= 11 is 6.01. The van der Waals surface area contributed by atoms with Gasteiger partial charge in [0.25, 0.3) is 0 Å². The number of aromatic nitrogens is 2. The van der Waals surface area contributed by atoms with E-state index in [4.69, 9.17) is 21.6 Å². The minimum atomic E-state index is 0.724. The number of fused-ring (bicyclic) bond motifs is 1. The molecule has 2 aromatic carbocycles. The summed E-state index contributed by atoms with van der Waals surface area (Å²) < 4.78 is 0. The first kappa shape index (κ1) is 15.4. The molecule has 0 radical (unpaired) electrons. The Labute approximate surface area is 146 Å². The highest BCUT2D eigenvalue weighted by molar-refractivity contribution is 6.30. The molecule has 122 valence electrons. The zero-order valence-corrected chi connectivity index (χ0v) is 14.4. The lowest BCUT2D eigenvalue weighted by molar-refractivity contribution is -0.880. The van der Waals surface area contributed by atoms with Gasteiger partial charge in [0.2, 0.25) is 0 Å². The molecule has 4 nitrogen and oxygen atoms in total.